The van der Waals surface area contributed by atoms with Crippen LogP contribution >= 0.6 is 11.3 Å². The van der Waals surface area contributed by atoms with Gasteiger partial charge < -0.3 is 14.5 Å². The van der Waals surface area contributed by atoms with Gasteiger partial charge in [-0.25, -0.2) is 0 Å². The van der Waals surface area contributed by atoms with Gasteiger partial charge in [0.15, 0.2) is 0 Å². The Balaban J connectivity index is 1.69. The van der Waals surface area contributed by atoms with Gasteiger partial charge in [0, 0.05) is 17.4 Å². The smallest absolute Gasteiger partial charge is 0.230 e. The van der Waals surface area contributed by atoms with E-state index in [1.807, 2.05) is 18.2 Å². The summed E-state index contributed by atoms with van der Waals surface area (Å²) in [5.41, 5.74) is 1.54. The van der Waals surface area contributed by atoms with E-state index in [1.54, 1.807) is 13.4 Å². The third-order valence-electron chi connectivity index (χ3n) is 3.51. The Hall–Kier alpha value is -2.41. The molecule has 0 aliphatic rings. The monoisotopic (exact) mass is 345 g/mol. The van der Waals surface area contributed by atoms with Crippen molar-refractivity contribution in [1.29, 1.82) is 0 Å². The van der Waals surface area contributed by atoms with Crippen molar-refractivity contribution >= 4 is 33.3 Å². The fourth-order valence-electron chi connectivity index (χ4n) is 2.40. The lowest BCUT2D eigenvalue weighted by Gasteiger charge is -2.01. The van der Waals surface area contributed by atoms with Crippen LogP contribution in [0.4, 0.5) is 5.13 Å². The molecule has 6 nitrogen and oxygen atoms in total. The molecule has 126 valence electrons. The summed E-state index contributed by atoms with van der Waals surface area (Å²) in [7, 11) is 1.61. The van der Waals surface area contributed by atoms with Crippen molar-refractivity contribution in [2.24, 2.45) is 5.92 Å². The minimum Gasteiger partial charge on any atom is -0.497 e. The summed E-state index contributed by atoms with van der Waals surface area (Å²) >= 11 is 1.41. The highest BCUT2D eigenvalue weighted by molar-refractivity contribution is 7.15. The second-order valence-electron chi connectivity index (χ2n) is 5.95. The lowest BCUT2D eigenvalue weighted by Crippen LogP contribution is -2.14. The molecule has 0 atom stereocenters. The highest BCUT2D eigenvalue weighted by Gasteiger charge is 2.14. The van der Waals surface area contributed by atoms with Crippen molar-refractivity contribution < 1.29 is 13.9 Å². The van der Waals surface area contributed by atoms with E-state index in [4.69, 9.17) is 9.15 Å². The number of hydrogen-bond donors (Lipinski definition) is 1. The predicted octanol–water partition coefficient (Wildman–Crippen LogP) is 3.67. The molecule has 0 radical (unpaired) electrons. The van der Waals surface area contributed by atoms with E-state index in [9.17, 15) is 4.79 Å². The largest absolute Gasteiger partial charge is 0.497 e. The van der Waals surface area contributed by atoms with Crippen molar-refractivity contribution in [2.75, 3.05) is 12.4 Å². The average Bonchev–Trinajstić information content (AvgIpc) is 3.13. The van der Waals surface area contributed by atoms with Crippen LogP contribution in [0.5, 0.6) is 5.75 Å². The number of benzene rings is 1. The highest BCUT2D eigenvalue weighted by Crippen LogP contribution is 2.26. The number of carbonyl (C=O) groups excluding carboxylic acids is 1. The second-order valence-corrected chi connectivity index (χ2v) is 7.01. The van der Waals surface area contributed by atoms with Crippen LogP contribution in [-0.2, 0) is 17.6 Å². The fourth-order valence-corrected chi connectivity index (χ4v) is 3.37. The Morgan fingerprint density at radius 3 is 2.96 bits per heavy atom. The Morgan fingerprint density at radius 1 is 1.38 bits per heavy atom. The third-order valence-corrected chi connectivity index (χ3v) is 4.37. The Bertz CT molecular complexity index is 854. The van der Waals surface area contributed by atoms with Gasteiger partial charge in [-0.3, -0.25) is 4.79 Å². The zero-order chi connectivity index (χ0) is 17.1. The molecule has 1 amide bonds. The molecule has 0 aliphatic heterocycles. The second kappa shape index (κ2) is 7.00. The number of furan rings is 1. The molecule has 1 aromatic carbocycles. The topological polar surface area (TPSA) is 77.2 Å². The van der Waals surface area contributed by atoms with Crippen molar-refractivity contribution in [2.45, 2.75) is 26.7 Å². The van der Waals surface area contributed by atoms with E-state index in [0.29, 0.717) is 11.0 Å². The summed E-state index contributed by atoms with van der Waals surface area (Å²) in [4.78, 5) is 12.3. The van der Waals surface area contributed by atoms with E-state index in [-0.39, 0.29) is 12.3 Å². The molecule has 0 fully saturated rings. The first-order valence-electron chi connectivity index (χ1n) is 7.71. The molecule has 7 heteroatoms. The number of hydrogen-bond acceptors (Lipinski definition) is 6. The summed E-state index contributed by atoms with van der Waals surface area (Å²) in [6.07, 6.45) is 2.67. The summed E-state index contributed by atoms with van der Waals surface area (Å²) in [5, 5.41) is 13.3. The predicted molar refractivity (Wildman–Crippen MR) is 93.6 cm³/mol. The molecule has 0 saturated heterocycles. The first kappa shape index (κ1) is 16.4. The summed E-state index contributed by atoms with van der Waals surface area (Å²) in [6.45, 7) is 4.25. The van der Waals surface area contributed by atoms with Crippen LogP contribution < -0.4 is 10.1 Å². The van der Waals surface area contributed by atoms with Gasteiger partial charge in [0.05, 0.1) is 19.8 Å². The van der Waals surface area contributed by atoms with E-state index < -0.39 is 0 Å². The quantitative estimate of drug-likeness (QED) is 0.737. The fraction of sp³-hybridized carbons (Fsp3) is 0.353. The lowest BCUT2D eigenvalue weighted by molar-refractivity contribution is -0.115. The van der Waals surface area contributed by atoms with Crippen LogP contribution in [0.3, 0.4) is 0 Å². The zero-order valence-electron chi connectivity index (χ0n) is 13.8. The van der Waals surface area contributed by atoms with Crippen LogP contribution in [0, 0.1) is 5.92 Å². The van der Waals surface area contributed by atoms with Gasteiger partial charge in [-0.05, 0) is 24.1 Å². The molecule has 1 N–H and O–H groups in total. The summed E-state index contributed by atoms with van der Waals surface area (Å²) < 4.78 is 10.7. The number of amides is 1. The number of carbonyl (C=O) groups is 1. The molecule has 2 aromatic heterocycles. The number of nitrogens with one attached hydrogen (secondary N) is 1. The summed E-state index contributed by atoms with van der Waals surface area (Å²) in [5.74, 6) is 1.09. The standard InChI is InChI=1S/C17H19N3O3S/c1-10(2)6-16-19-20-17(24-16)18-15(21)7-11-9-23-14-5-4-12(22-3)8-13(11)14/h4-5,8-10H,6-7H2,1-3H3,(H,18,20,21). The normalized spacial score (nSPS) is 11.2. The molecule has 0 spiro atoms. The van der Waals surface area contributed by atoms with Gasteiger partial charge in [0.1, 0.15) is 16.3 Å². The molecule has 3 aromatic rings. The maximum Gasteiger partial charge on any atom is 0.230 e. The van der Waals surface area contributed by atoms with Gasteiger partial charge in [-0.15, -0.1) is 10.2 Å². The molecule has 3 rings (SSSR count). The van der Waals surface area contributed by atoms with Crippen LogP contribution in [0.25, 0.3) is 11.0 Å². The number of nitrogens with zero attached hydrogens (tertiary/aromatic N) is 2. The molecule has 0 saturated carbocycles. The number of methoxy groups -OCH3 is 1. The van der Waals surface area contributed by atoms with E-state index >= 15 is 0 Å². The number of anilines is 1. The summed E-state index contributed by atoms with van der Waals surface area (Å²) in [6, 6.07) is 5.53. The van der Waals surface area contributed by atoms with Gasteiger partial charge in [-0.1, -0.05) is 25.2 Å². The maximum absolute atomic E-state index is 12.3. The average molecular weight is 345 g/mol. The molecule has 0 unspecified atom stereocenters. The lowest BCUT2D eigenvalue weighted by atomic mass is 10.1. The van der Waals surface area contributed by atoms with Crippen LogP contribution in [0.2, 0.25) is 0 Å². The molecule has 24 heavy (non-hydrogen) atoms. The van der Waals surface area contributed by atoms with Gasteiger partial charge in [0.2, 0.25) is 11.0 Å². The van der Waals surface area contributed by atoms with Crippen molar-refractivity contribution in [1.82, 2.24) is 10.2 Å². The van der Waals surface area contributed by atoms with Crippen LogP contribution in [0.15, 0.2) is 28.9 Å². The minimum atomic E-state index is -0.146. The molecule has 2 heterocycles. The Labute approximate surface area is 143 Å². The Morgan fingerprint density at radius 2 is 2.21 bits per heavy atom. The third kappa shape index (κ3) is 3.73. The van der Waals surface area contributed by atoms with E-state index in [1.165, 1.54) is 11.3 Å². The minimum absolute atomic E-state index is 0.146. The number of fused-ring (bicyclic) bond motifs is 1. The molecular weight excluding hydrogens is 326 g/mol. The van der Waals surface area contributed by atoms with Gasteiger partial charge in [-0.2, -0.15) is 0 Å². The number of aromatic nitrogens is 2. The van der Waals surface area contributed by atoms with Gasteiger partial charge >= 0.3 is 0 Å². The Kier molecular flexibility index (Phi) is 4.80. The first-order chi connectivity index (χ1) is 11.5. The number of ether oxygens (including phenoxy) is 1. The first-order valence-corrected chi connectivity index (χ1v) is 8.53. The molecule has 0 aliphatic carbocycles. The van der Waals surface area contributed by atoms with Crippen LogP contribution in [0.1, 0.15) is 24.4 Å². The molecule has 0 bridgehead atoms. The zero-order valence-corrected chi connectivity index (χ0v) is 14.6. The number of rotatable bonds is 6. The van der Waals surface area contributed by atoms with Crippen LogP contribution in [-0.4, -0.2) is 23.2 Å². The van der Waals surface area contributed by atoms with E-state index in [0.717, 1.165) is 33.7 Å². The van der Waals surface area contributed by atoms with Crippen molar-refractivity contribution in [3.8, 4) is 5.75 Å². The SMILES string of the molecule is COc1ccc2occ(CC(=O)Nc3nnc(CC(C)C)s3)c2c1. The maximum atomic E-state index is 12.3. The van der Waals surface area contributed by atoms with Crippen molar-refractivity contribution in [3.05, 3.63) is 35.0 Å². The molecular formula is C17H19N3O3S. The van der Waals surface area contributed by atoms with E-state index in [2.05, 4.69) is 29.4 Å². The highest BCUT2D eigenvalue weighted by atomic mass is 32.1. The van der Waals surface area contributed by atoms with Crippen molar-refractivity contribution in [3.63, 3.8) is 0 Å². The van der Waals surface area contributed by atoms with Gasteiger partial charge in [0.25, 0.3) is 0 Å².